The van der Waals surface area contributed by atoms with Gasteiger partial charge in [0.2, 0.25) is 17.7 Å². The Balaban J connectivity index is 4.99. The van der Waals surface area contributed by atoms with Gasteiger partial charge in [0.25, 0.3) is 0 Å². The van der Waals surface area contributed by atoms with Crippen LogP contribution in [0.3, 0.4) is 0 Å². The zero-order valence-electron chi connectivity index (χ0n) is 16.2. The molecule has 0 heterocycles. The normalized spacial score (nSPS) is 14.8. The van der Waals surface area contributed by atoms with E-state index < -0.39 is 60.4 Å². The molecule has 8 N–H and O–H groups in total. The van der Waals surface area contributed by atoms with Gasteiger partial charge in [0.1, 0.15) is 18.1 Å². The lowest BCUT2D eigenvalue weighted by atomic mass is 10.1. The van der Waals surface area contributed by atoms with Crippen molar-refractivity contribution in [2.24, 2.45) is 5.73 Å². The molecule has 4 unspecified atom stereocenters. The molecule has 0 aromatic carbocycles. The van der Waals surface area contributed by atoms with E-state index in [2.05, 4.69) is 16.0 Å². The average molecular weight is 436 g/mol. The van der Waals surface area contributed by atoms with Crippen molar-refractivity contribution in [3.8, 4) is 0 Å². The summed E-state index contributed by atoms with van der Waals surface area (Å²) >= 11 is 1.40. The van der Waals surface area contributed by atoms with Crippen molar-refractivity contribution >= 4 is 41.4 Å². The number of carbonyl (C=O) groups is 5. The first kappa shape index (κ1) is 26.6. The summed E-state index contributed by atoms with van der Waals surface area (Å²) in [5.41, 5.74) is 5.56. The molecule has 0 aliphatic heterocycles. The van der Waals surface area contributed by atoms with E-state index in [1.165, 1.54) is 18.7 Å². The molecule has 12 nitrogen and oxygen atoms in total. The molecule has 0 rings (SSSR count). The number of thioether (sulfide) groups is 1. The number of aliphatic hydroxyl groups excluding tert-OH is 1. The summed E-state index contributed by atoms with van der Waals surface area (Å²) in [6, 6.07) is -4.86. The van der Waals surface area contributed by atoms with Crippen LogP contribution in [0.1, 0.15) is 26.2 Å². The topological polar surface area (TPSA) is 208 Å². The molecule has 0 aliphatic rings. The van der Waals surface area contributed by atoms with Crippen LogP contribution >= 0.6 is 11.8 Å². The highest BCUT2D eigenvalue weighted by Gasteiger charge is 2.28. The molecule has 0 bridgehead atoms. The van der Waals surface area contributed by atoms with Crippen molar-refractivity contribution in [3.63, 3.8) is 0 Å². The van der Waals surface area contributed by atoms with Crippen LogP contribution in [-0.4, -0.2) is 87.8 Å². The standard InChI is InChI=1S/C16H28N4O8S/c1-8(16(27)28)18-14(25)10(5-6-29-2)19-15(26)11(7-21)20-13(24)9(17)3-4-12(22)23/h8-11,21H,3-7,17H2,1-2H3,(H,18,25)(H,19,26)(H,20,24)(H,22,23)(H,27,28). The number of amides is 3. The maximum Gasteiger partial charge on any atom is 0.325 e. The Morgan fingerprint density at radius 2 is 1.48 bits per heavy atom. The Bertz CT molecular complexity index is 603. The molecule has 0 spiro atoms. The summed E-state index contributed by atoms with van der Waals surface area (Å²) in [4.78, 5) is 58.0. The first-order valence-corrected chi connectivity index (χ1v) is 10.1. The number of carboxylic acids is 2. The van der Waals surface area contributed by atoms with E-state index in [1.807, 2.05) is 0 Å². The third-order valence-electron chi connectivity index (χ3n) is 3.79. The summed E-state index contributed by atoms with van der Waals surface area (Å²) in [6.07, 6.45) is 1.47. The second kappa shape index (κ2) is 13.7. The SMILES string of the molecule is CSCCC(NC(=O)C(CO)NC(=O)C(N)CCC(=O)O)C(=O)NC(C)C(=O)O. The molecular formula is C16H28N4O8S. The minimum atomic E-state index is -1.42. The van der Waals surface area contributed by atoms with Crippen molar-refractivity contribution in [1.82, 2.24) is 16.0 Å². The Morgan fingerprint density at radius 3 is 1.97 bits per heavy atom. The van der Waals surface area contributed by atoms with Gasteiger partial charge < -0.3 is 37.0 Å². The fourth-order valence-electron chi connectivity index (χ4n) is 2.04. The molecule has 0 saturated heterocycles. The minimum Gasteiger partial charge on any atom is -0.481 e. The molecule has 0 aliphatic carbocycles. The number of rotatable bonds is 14. The van der Waals surface area contributed by atoms with Gasteiger partial charge in [-0.3, -0.25) is 24.0 Å². The van der Waals surface area contributed by atoms with Gasteiger partial charge in [0.05, 0.1) is 12.6 Å². The average Bonchev–Trinajstić information content (AvgIpc) is 2.66. The number of aliphatic hydroxyl groups is 1. The van der Waals surface area contributed by atoms with Crippen LogP contribution in [0.2, 0.25) is 0 Å². The quantitative estimate of drug-likeness (QED) is 0.152. The molecule has 166 valence electrons. The van der Waals surface area contributed by atoms with Crippen molar-refractivity contribution in [3.05, 3.63) is 0 Å². The number of carboxylic acid groups (broad SMARTS) is 2. The summed E-state index contributed by atoms with van der Waals surface area (Å²) in [5, 5.41) is 33.7. The number of nitrogens with two attached hydrogens (primary N) is 1. The molecule has 0 aromatic heterocycles. The van der Waals surface area contributed by atoms with Gasteiger partial charge >= 0.3 is 11.9 Å². The van der Waals surface area contributed by atoms with E-state index >= 15 is 0 Å². The molecule has 13 heteroatoms. The Kier molecular flexibility index (Phi) is 12.6. The first-order valence-electron chi connectivity index (χ1n) is 8.74. The van der Waals surface area contributed by atoms with Gasteiger partial charge in [-0.05, 0) is 31.8 Å². The fourth-order valence-corrected chi connectivity index (χ4v) is 2.51. The van der Waals surface area contributed by atoms with Crippen molar-refractivity contribution < 1.29 is 39.3 Å². The van der Waals surface area contributed by atoms with Crippen molar-refractivity contribution in [2.45, 2.75) is 50.4 Å². The first-order chi connectivity index (χ1) is 13.5. The summed E-state index contributed by atoms with van der Waals surface area (Å²) < 4.78 is 0. The molecule has 0 fully saturated rings. The molecule has 29 heavy (non-hydrogen) atoms. The second-order valence-corrected chi connectivity index (χ2v) is 7.18. The smallest absolute Gasteiger partial charge is 0.325 e. The summed E-state index contributed by atoms with van der Waals surface area (Å²) in [7, 11) is 0. The van der Waals surface area contributed by atoms with E-state index in [0.717, 1.165) is 0 Å². The van der Waals surface area contributed by atoms with Gasteiger partial charge in [-0.25, -0.2) is 0 Å². The van der Waals surface area contributed by atoms with Gasteiger partial charge in [0, 0.05) is 6.42 Å². The number of nitrogens with one attached hydrogen (secondary N) is 3. The van der Waals surface area contributed by atoms with E-state index in [0.29, 0.717) is 5.75 Å². The lowest BCUT2D eigenvalue weighted by molar-refractivity contribution is -0.142. The molecule has 3 amide bonds. The van der Waals surface area contributed by atoms with E-state index in [-0.39, 0.29) is 19.3 Å². The van der Waals surface area contributed by atoms with E-state index in [1.54, 1.807) is 6.26 Å². The third kappa shape index (κ3) is 10.7. The predicted octanol–water partition coefficient (Wildman–Crippen LogP) is -2.52. The van der Waals surface area contributed by atoms with Crippen LogP contribution in [0.5, 0.6) is 0 Å². The summed E-state index contributed by atoms with van der Waals surface area (Å²) in [5.74, 6) is -4.31. The highest BCUT2D eigenvalue weighted by atomic mass is 32.2. The van der Waals surface area contributed by atoms with Gasteiger partial charge in [0.15, 0.2) is 0 Å². The fraction of sp³-hybridized carbons (Fsp3) is 0.688. The Morgan fingerprint density at radius 1 is 0.931 bits per heavy atom. The zero-order chi connectivity index (χ0) is 22.6. The van der Waals surface area contributed by atoms with Crippen LogP contribution < -0.4 is 21.7 Å². The Hall–Kier alpha value is -2.38. The molecule has 4 atom stereocenters. The number of aliphatic carboxylic acids is 2. The number of hydrogen-bond acceptors (Lipinski definition) is 8. The van der Waals surface area contributed by atoms with Crippen LogP contribution in [0.4, 0.5) is 0 Å². The number of hydrogen-bond donors (Lipinski definition) is 7. The van der Waals surface area contributed by atoms with Crippen LogP contribution in [0.15, 0.2) is 0 Å². The monoisotopic (exact) mass is 436 g/mol. The van der Waals surface area contributed by atoms with Crippen LogP contribution in [0.25, 0.3) is 0 Å². The molecule has 0 saturated carbocycles. The second-order valence-electron chi connectivity index (χ2n) is 6.19. The molecule has 0 aromatic rings. The number of carbonyl (C=O) groups excluding carboxylic acids is 3. The lowest BCUT2D eigenvalue weighted by Gasteiger charge is -2.23. The maximum absolute atomic E-state index is 12.4. The van der Waals surface area contributed by atoms with E-state index in [4.69, 9.17) is 15.9 Å². The van der Waals surface area contributed by atoms with Crippen molar-refractivity contribution in [2.75, 3.05) is 18.6 Å². The van der Waals surface area contributed by atoms with Crippen molar-refractivity contribution in [1.29, 1.82) is 0 Å². The zero-order valence-corrected chi connectivity index (χ0v) is 17.0. The minimum absolute atomic E-state index is 0.160. The Labute approximate surface area is 172 Å². The lowest BCUT2D eigenvalue weighted by Crippen LogP contribution is -2.58. The summed E-state index contributed by atoms with van der Waals surface area (Å²) in [6.45, 7) is 0.481. The maximum atomic E-state index is 12.4. The highest BCUT2D eigenvalue weighted by Crippen LogP contribution is 2.03. The molecular weight excluding hydrogens is 408 g/mol. The largest absolute Gasteiger partial charge is 0.481 e. The van der Waals surface area contributed by atoms with Gasteiger partial charge in [-0.15, -0.1) is 0 Å². The predicted molar refractivity (Wildman–Crippen MR) is 104 cm³/mol. The van der Waals surface area contributed by atoms with Gasteiger partial charge in [-0.2, -0.15) is 11.8 Å². The van der Waals surface area contributed by atoms with Crippen LogP contribution in [-0.2, 0) is 24.0 Å². The highest BCUT2D eigenvalue weighted by molar-refractivity contribution is 7.98. The van der Waals surface area contributed by atoms with Crippen LogP contribution in [0, 0.1) is 0 Å². The third-order valence-corrected chi connectivity index (χ3v) is 4.44. The van der Waals surface area contributed by atoms with Gasteiger partial charge in [-0.1, -0.05) is 0 Å². The van der Waals surface area contributed by atoms with E-state index in [9.17, 15) is 29.1 Å². The molecule has 0 radical (unpaired) electrons.